The summed E-state index contributed by atoms with van der Waals surface area (Å²) in [6.07, 6.45) is -1.05. The predicted octanol–water partition coefficient (Wildman–Crippen LogP) is 4.07. The number of nitrogens with zero attached hydrogens (tertiary/aromatic N) is 3. The van der Waals surface area contributed by atoms with Gasteiger partial charge in [-0.2, -0.15) is 18.3 Å². The van der Waals surface area contributed by atoms with E-state index in [0.29, 0.717) is 53.3 Å². The van der Waals surface area contributed by atoms with E-state index in [1.165, 1.54) is 29.0 Å². The SMILES string of the molecule is NC(=O)C1(NC(=O)c2cnn3c(-c4ccc(C(F)(F)F)cc4)c(-c4ccccc4Cl)cnc23)CCNCC1. The van der Waals surface area contributed by atoms with Gasteiger partial charge in [0.2, 0.25) is 5.91 Å². The maximum atomic E-state index is 13.3. The Morgan fingerprint density at radius 2 is 1.71 bits per heavy atom. The van der Waals surface area contributed by atoms with E-state index in [0.717, 1.165) is 12.1 Å². The molecule has 0 bridgehead atoms. The number of benzene rings is 2. The Hall–Kier alpha value is -3.96. The van der Waals surface area contributed by atoms with Crippen molar-refractivity contribution in [1.82, 2.24) is 25.2 Å². The second-order valence-corrected chi connectivity index (χ2v) is 9.43. The fourth-order valence-corrected chi connectivity index (χ4v) is 4.87. The Labute approximate surface area is 220 Å². The Morgan fingerprint density at radius 1 is 1.03 bits per heavy atom. The minimum absolute atomic E-state index is 0.0861. The number of carbonyl (C=O) groups is 2. The van der Waals surface area contributed by atoms with Crippen molar-refractivity contribution >= 4 is 29.1 Å². The number of carbonyl (C=O) groups excluding carboxylic acids is 2. The average Bonchev–Trinajstić information content (AvgIpc) is 3.33. The van der Waals surface area contributed by atoms with Gasteiger partial charge in [0.1, 0.15) is 11.1 Å². The molecule has 8 nitrogen and oxygen atoms in total. The first-order valence-electron chi connectivity index (χ1n) is 11.7. The van der Waals surface area contributed by atoms with Crippen molar-refractivity contribution in [2.24, 2.45) is 5.73 Å². The average molecular weight is 543 g/mol. The summed E-state index contributed by atoms with van der Waals surface area (Å²) in [5.41, 5.74) is 5.76. The quantitative estimate of drug-likeness (QED) is 0.352. The highest BCUT2D eigenvalue weighted by Gasteiger charge is 2.40. The summed E-state index contributed by atoms with van der Waals surface area (Å²) in [5.74, 6) is -1.22. The molecule has 1 fully saturated rings. The molecule has 5 rings (SSSR count). The van der Waals surface area contributed by atoms with E-state index < -0.39 is 29.1 Å². The van der Waals surface area contributed by atoms with Crippen LogP contribution in [0.25, 0.3) is 28.0 Å². The first-order chi connectivity index (χ1) is 18.1. The van der Waals surface area contributed by atoms with Gasteiger partial charge in [-0.15, -0.1) is 0 Å². The lowest BCUT2D eigenvalue weighted by Gasteiger charge is -2.35. The maximum Gasteiger partial charge on any atom is 0.416 e. The molecule has 1 aliphatic heterocycles. The van der Waals surface area contributed by atoms with Crippen LogP contribution in [0.3, 0.4) is 0 Å². The topological polar surface area (TPSA) is 114 Å². The van der Waals surface area contributed by atoms with Crippen LogP contribution in [0, 0.1) is 0 Å². The van der Waals surface area contributed by atoms with Crippen molar-refractivity contribution in [2.75, 3.05) is 13.1 Å². The van der Waals surface area contributed by atoms with Gasteiger partial charge in [0.25, 0.3) is 5.91 Å². The van der Waals surface area contributed by atoms with Crippen molar-refractivity contribution in [1.29, 1.82) is 0 Å². The zero-order valence-corrected chi connectivity index (χ0v) is 20.6. The van der Waals surface area contributed by atoms with Crippen LogP contribution in [0.1, 0.15) is 28.8 Å². The molecule has 1 saturated heterocycles. The summed E-state index contributed by atoms with van der Waals surface area (Å²) < 4.78 is 41.0. The summed E-state index contributed by atoms with van der Waals surface area (Å²) >= 11 is 6.44. The second-order valence-electron chi connectivity index (χ2n) is 9.02. The summed E-state index contributed by atoms with van der Waals surface area (Å²) in [5, 5.41) is 10.7. The number of aromatic nitrogens is 3. The van der Waals surface area contributed by atoms with Crippen LogP contribution in [0.4, 0.5) is 13.2 Å². The number of primary amides is 1. The normalized spacial score (nSPS) is 15.4. The summed E-state index contributed by atoms with van der Waals surface area (Å²) in [7, 11) is 0. The van der Waals surface area contributed by atoms with E-state index in [-0.39, 0.29) is 11.2 Å². The van der Waals surface area contributed by atoms with Gasteiger partial charge < -0.3 is 16.4 Å². The van der Waals surface area contributed by atoms with Crippen LogP contribution in [0.15, 0.2) is 60.9 Å². The van der Waals surface area contributed by atoms with E-state index in [1.807, 2.05) is 0 Å². The zero-order valence-electron chi connectivity index (χ0n) is 19.8. The molecule has 0 saturated carbocycles. The van der Waals surface area contributed by atoms with Gasteiger partial charge >= 0.3 is 6.18 Å². The Morgan fingerprint density at radius 3 is 2.34 bits per heavy atom. The number of piperidine rings is 1. The van der Waals surface area contributed by atoms with E-state index in [9.17, 15) is 22.8 Å². The molecule has 0 aliphatic carbocycles. The maximum absolute atomic E-state index is 13.3. The van der Waals surface area contributed by atoms with Crippen LogP contribution in [-0.4, -0.2) is 45.0 Å². The predicted molar refractivity (Wildman–Crippen MR) is 135 cm³/mol. The Bertz CT molecular complexity index is 1530. The number of fused-ring (bicyclic) bond motifs is 1. The third-order valence-electron chi connectivity index (χ3n) is 6.70. The molecule has 0 spiro atoms. The zero-order chi connectivity index (χ0) is 27.1. The van der Waals surface area contributed by atoms with Gasteiger partial charge in [-0.25, -0.2) is 9.50 Å². The molecule has 196 valence electrons. The summed E-state index contributed by atoms with van der Waals surface area (Å²) in [4.78, 5) is 30.1. The van der Waals surface area contributed by atoms with Crippen LogP contribution in [-0.2, 0) is 11.0 Å². The lowest BCUT2D eigenvalue weighted by Crippen LogP contribution is -2.61. The largest absolute Gasteiger partial charge is 0.416 e. The molecule has 2 aromatic heterocycles. The van der Waals surface area contributed by atoms with Gasteiger partial charge in [0.05, 0.1) is 17.5 Å². The minimum Gasteiger partial charge on any atom is -0.368 e. The van der Waals surface area contributed by atoms with Crippen LogP contribution >= 0.6 is 11.6 Å². The van der Waals surface area contributed by atoms with E-state index >= 15 is 0 Å². The number of alkyl halides is 3. The van der Waals surface area contributed by atoms with E-state index in [2.05, 4.69) is 20.7 Å². The molecular formula is C26H22ClF3N6O2. The number of nitrogens with two attached hydrogens (primary N) is 1. The number of halogens is 4. The third kappa shape index (κ3) is 4.59. The number of hydrogen-bond acceptors (Lipinski definition) is 5. The Balaban J connectivity index is 1.65. The molecule has 0 unspecified atom stereocenters. The standard InChI is InChI=1S/C26H22ClF3N6O2/c27-20-4-2-1-3-17(20)18-13-33-22-19(23(37)35-25(24(31)38)9-11-32-12-10-25)14-34-36(22)21(18)15-5-7-16(8-6-15)26(28,29)30/h1-8,13-14,32H,9-12H2,(H2,31,38)(H,35,37). The van der Waals surface area contributed by atoms with Crippen molar-refractivity contribution < 1.29 is 22.8 Å². The van der Waals surface area contributed by atoms with Gasteiger partial charge in [-0.3, -0.25) is 9.59 Å². The van der Waals surface area contributed by atoms with Crippen molar-refractivity contribution in [3.05, 3.63) is 77.1 Å². The molecule has 0 radical (unpaired) electrons. The van der Waals surface area contributed by atoms with Crippen molar-refractivity contribution in [2.45, 2.75) is 24.6 Å². The molecular weight excluding hydrogens is 521 g/mol. The second kappa shape index (κ2) is 9.73. The van der Waals surface area contributed by atoms with Crippen LogP contribution in [0.2, 0.25) is 5.02 Å². The fourth-order valence-electron chi connectivity index (χ4n) is 4.63. The number of hydrogen-bond donors (Lipinski definition) is 3. The first-order valence-corrected chi connectivity index (χ1v) is 12.1. The number of nitrogens with one attached hydrogen (secondary N) is 2. The molecule has 2 aromatic carbocycles. The Kier molecular flexibility index (Phi) is 6.58. The fraction of sp³-hybridized carbons (Fsp3) is 0.231. The smallest absolute Gasteiger partial charge is 0.368 e. The van der Waals surface area contributed by atoms with Crippen molar-refractivity contribution in [3.8, 4) is 22.4 Å². The molecule has 0 atom stereocenters. The van der Waals surface area contributed by atoms with E-state index in [1.54, 1.807) is 24.3 Å². The van der Waals surface area contributed by atoms with Gasteiger partial charge in [-0.05, 0) is 44.1 Å². The van der Waals surface area contributed by atoms with Gasteiger partial charge in [-0.1, -0.05) is 41.9 Å². The highest BCUT2D eigenvalue weighted by molar-refractivity contribution is 6.33. The van der Waals surface area contributed by atoms with Crippen LogP contribution in [0.5, 0.6) is 0 Å². The molecule has 4 aromatic rings. The number of amides is 2. The van der Waals surface area contributed by atoms with Crippen molar-refractivity contribution in [3.63, 3.8) is 0 Å². The lowest BCUT2D eigenvalue weighted by molar-refractivity contribution is -0.137. The molecule has 38 heavy (non-hydrogen) atoms. The lowest BCUT2D eigenvalue weighted by atomic mass is 9.87. The molecule has 3 heterocycles. The molecule has 4 N–H and O–H groups in total. The van der Waals surface area contributed by atoms with Gasteiger partial charge in [0.15, 0.2) is 5.65 Å². The monoisotopic (exact) mass is 542 g/mol. The highest BCUT2D eigenvalue weighted by atomic mass is 35.5. The minimum atomic E-state index is -4.50. The third-order valence-corrected chi connectivity index (χ3v) is 7.03. The summed E-state index contributed by atoms with van der Waals surface area (Å²) in [6, 6.07) is 11.6. The molecule has 12 heteroatoms. The van der Waals surface area contributed by atoms with E-state index in [4.69, 9.17) is 17.3 Å². The van der Waals surface area contributed by atoms with Crippen LogP contribution < -0.4 is 16.4 Å². The molecule has 2 amide bonds. The summed E-state index contributed by atoms with van der Waals surface area (Å²) in [6.45, 7) is 1.02. The first kappa shape index (κ1) is 25.7. The number of rotatable bonds is 5. The molecule has 1 aliphatic rings. The highest BCUT2D eigenvalue weighted by Crippen LogP contribution is 2.37. The van der Waals surface area contributed by atoms with Gasteiger partial charge in [0, 0.05) is 27.9 Å².